The Balaban J connectivity index is 1.97. The molecule has 2 rings (SSSR count). The summed E-state index contributed by atoms with van der Waals surface area (Å²) in [6.07, 6.45) is 2.57. The predicted octanol–water partition coefficient (Wildman–Crippen LogP) is 1.15. The molecule has 0 aromatic heterocycles. The van der Waals surface area contributed by atoms with E-state index >= 15 is 0 Å². The van der Waals surface area contributed by atoms with Gasteiger partial charge in [-0.1, -0.05) is 13.8 Å². The van der Waals surface area contributed by atoms with Crippen LogP contribution in [0.25, 0.3) is 0 Å². The maximum atomic E-state index is 12.5. The van der Waals surface area contributed by atoms with Gasteiger partial charge in [0.1, 0.15) is 0 Å². The van der Waals surface area contributed by atoms with E-state index in [4.69, 9.17) is 5.11 Å². The van der Waals surface area contributed by atoms with Crippen LogP contribution in [-0.4, -0.2) is 54.3 Å². The van der Waals surface area contributed by atoms with E-state index in [1.165, 1.54) is 4.31 Å². The van der Waals surface area contributed by atoms with E-state index in [1.807, 2.05) is 0 Å². The molecule has 1 N–H and O–H groups in total. The van der Waals surface area contributed by atoms with Crippen molar-refractivity contribution in [2.24, 2.45) is 11.3 Å². The van der Waals surface area contributed by atoms with E-state index in [2.05, 4.69) is 13.8 Å². The number of hydrogen-bond acceptors (Lipinski definition) is 3. The van der Waals surface area contributed by atoms with Gasteiger partial charge in [0.15, 0.2) is 0 Å². The van der Waals surface area contributed by atoms with Crippen molar-refractivity contribution in [2.45, 2.75) is 39.5 Å². The fourth-order valence-electron chi connectivity index (χ4n) is 2.82. The molecule has 2 aliphatic heterocycles. The van der Waals surface area contributed by atoms with E-state index in [0.717, 1.165) is 12.8 Å². The average molecular weight is 304 g/mol. The van der Waals surface area contributed by atoms with E-state index in [0.29, 0.717) is 39.0 Å². The first-order valence-corrected chi connectivity index (χ1v) is 8.60. The first-order chi connectivity index (χ1) is 9.22. The molecule has 6 nitrogen and oxygen atoms in total. The van der Waals surface area contributed by atoms with Crippen LogP contribution in [0.4, 0.5) is 0 Å². The molecular formula is C13H24N2O4S. The van der Waals surface area contributed by atoms with Crippen LogP contribution in [-0.2, 0) is 15.0 Å². The molecule has 20 heavy (non-hydrogen) atoms. The molecule has 0 aliphatic carbocycles. The Morgan fingerprint density at radius 3 is 1.95 bits per heavy atom. The highest BCUT2D eigenvalue weighted by molar-refractivity contribution is 7.86. The van der Waals surface area contributed by atoms with Crippen molar-refractivity contribution in [2.75, 3.05) is 26.2 Å². The minimum Gasteiger partial charge on any atom is -0.481 e. The Morgan fingerprint density at radius 1 is 1.05 bits per heavy atom. The van der Waals surface area contributed by atoms with Gasteiger partial charge < -0.3 is 5.11 Å². The number of carboxylic acid groups (broad SMARTS) is 1. The number of aliphatic carboxylic acids is 1. The van der Waals surface area contributed by atoms with Crippen molar-refractivity contribution in [3.63, 3.8) is 0 Å². The molecule has 0 spiro atoms. The van der Waals surface area contributed by atoms with Gasteiger partial charge in [-0.3, -0.25) is 4.79 Å². The smallest absolute Gasteiger partial charge is 0.306 e. The Hall–Kier alpha value is -0.660. The number of piperidine rings is 2. The monoisotopic (exact) mass is 304 g/mol. The zero-order chi connectivity index (χ0) is 15.0. The molecule has 2 fully saturated rings. The topological polar surface area (TPSA) is 77.9 Å². The maximum absolute atomic E-state index is 12.5. The van der Waals surface area contributed by atoms with Crippen LogP contribution in [0.1, 0.15) is 39.5 Å². The SMILES string of the molecule is CC1(C)CCN(S(=O)(=O)N2CCC(C(=O)O)CC2)CC1. The molecule has 0 aromatic rings. The summed E-state index contributed by atoms with van der Waals surface area (Å²) in [5.41, 5.74) is 0.211. The molecule has 0 atom stereocenters. The van der Waals surface area contributed by atoms with Gasteiger partial charge in [-0.2, -0.15) is 17.0 Å². The second-order valence-corrected chi connectivity index (χ2v) is 8.51. The summed E-state index contributed by atoms with van der Waals surface area (Å²) >= 11 is 0. The second-order valence-electron chi connectivity index (χ2n) is 6.58. The van der Waals surface area contributed by atoms with Gasteiger partial charge in [-0.15, -0.1) is 0 Å². The summed E-state index contributed by atoms with van der Waals surface area (Å²) in [5.74, 6) is -1.22. The summed E-state index contributed by atoms with van der Waals surface area (Å²) < 4.78 is 28.1. The van der Waals surface area contributed by atoms with Gasteiger partial charge in [0.25, 0.3) is 10.2 Å². The molecule has 2 saturated heterocycles. The molecule has 0 bridgehead atoms. The highest BCUT2D eigenvalue weighted by Crippen LogP contribution is 2.32. The Kier molecular flexibility index (Phi) is 4.41. The lowest BCUT2D eigenvalue weighted by atomic mass is 9.83. The van der Waals surface area contributed by atoms with Crippen LogP contribution in [0, 0.1) is 11.3 Å². The van der Waals surface area contributed by atoms with E-state index in [1.54, 1.807) is 4.31 Å². The van der Waals surface area contributed by atoms with Crippen molar-refractivity contribution in [1.29, 1.82) is 0 Å². The number of nitrogens with zero attached hydrogens (tertiary/aromatic N) is 2. The van der Waals surface area contributed by atoms with Gasteiger partial charge in [-0.25, -0.2) is 0 Å². The summed E-state index contributed by atoms with van der Waals surface area (Å²) in [6.45, 7) is 6.09. The van der Waals surface area contributed by atoms with Gasteiger partial charge >= 0.3 is 5.97 Å². The van der Waals surface area contributed by atoms with Crippen molar-refractivity contribution in [1.82, 2.24) is 8.61 Å². The second kappa shape index (κ2) is 5.61. The molecule has 116 valence electrons. The molecule has 2 aliphatic rings. The minimum atomic E-state index is -3.41. The molecule has 7 heteroatoms. The molecule has 0 saturated carbocycles. The molecular weight excluding hydrogens is 280 g/mol. The predicted molar refractivity (Wildman–Crippen MR) is 75.4 cm³/mol. The quantitative estimate of drug-likeness (QED) is 0.848. The fraction of sp³-hybridized carbons (Fsp3) is 0.923. The zero-order valence-electron chi connectivity index (χ0n) is 12.2. The third-order valence-corrected chi connectivity index (χ3v) is 6.57. The van der Waals surface area contributed by atoms with E-state index in [9.17, 15) is 13.2 Å². The van der Waals surface area contributed by atoms with Crippen molar-refractivity contribution >= 4 is 16.2 Å². The third kappa shape index (κ3) is 3.32. The summed E-state index contributed by atoms with van der Waals surface area (Å²) in [7, 11) is -3.41. The molecule has 0 amide bonds. The Labute approximate surface area is 120 Å². The van der Waals surface area contributed by atoms with Crippen LogP contribution in [0.15, 0.2) is 0 Å². The van der Waals surface area contributed by atoms with Crippen LogP contribution in [0.2, 0.25) is 0 Å². The highest BCUT2D eigenvalue weighted by Gasteiger charge is 2.37. The van der Waals surface area contributed by atoms with Crippen molar-refractivity contribution in [3.05, 3.63) is 0 Å². The Morgan fingerprint density at radius 2 is 1.50 bits per heavy atom. The first kappa shape index (κ1) is 15.7. The molecule has 0 radical (unpaired) electrons. The summed E-state index contributed by atoms with van der Waals surface area (Å²) in [5, 5.41) is 8.96. The van der Waals surface area contributed by atoms with Crippen molar-refractivity contribution < 1.29 is 18.3 Å². The summed E-state index contributed by atoms with van der Waals surface area (Å²) in [6, 6.07) is 0. The number of carboxylic acids is 1. The van der Waals surface area contributed by atoms with Crippen molar-refractivity contribution in [3.8, 4) is 0 Å². The highest BCUT2D eigenvalue weighted by atomic mass is 32.2. The van der Waals surface area contributed by atoms with Crippen LogP contribution in [0.5, 0.6) is 0 Å². The van der Waals surface area contributed by atoms with Crippen LogP contribution >= 0.6 is 0 Å². The Bertz CT molecular complexity index is 457. The standard InChI is InChI=1S/C13H24N2O4S/c1-13(2)5-9-15(10-6-13)20(18,19)14-7-3-11(4-8-14)12(16)17/h11H,3-10H2,1-2H3,(H,16,17). The molecule has 0 unspecified atom stereocenters. The number of hydrogen-bond donors (Lipinski definition) is 1. The minimum absolute atomic E-state index is 0.211. The van der Waals surface area contributed by atoms with Crippen LogP contribution < -0.4 is 0 Å². The molecule has 2 heterocycles. The first-order valence-electron chi connectivity index (χ1n) is 7.20. The number of carbonyl (C=O) groups is 1. The molecule has 0 aromatic carbocycles. The summed E-state index contributed by atoms with van der Waals surface area (Å²) in [4.78, 5) is 10.9. The number of rotatable bonds is 3. The lowest BCUT2D eigenvalue weighted by molar-refractivity contribution is -0.142. The van der Waals surface area contributed by atoms with Gasteiger partial charge in [0.2, 0.25) is 0 Å². The van der Waals surface area contributed by atoms with Gasteiger partial charge in [-0.05, 0) is 31.1 Å². The third-order valence-electron chi connectivity index (χ3n) is 4.53. The van der Waals surface area contributed by atoms with E-state index in [-0.39, 0.29) is 5.41 Å². The van der Waals surface area contributed by atoms with E-state index < -0.39 is 22.1 Å². The largest absolute Gasteiger partial charge is 0.481 e. The average Bonchev–Trinajstić information content (AvgIpc) is 2.38. The fourth-order valence-corrected chi connectivity index (χ4v) is 4.46. The zero-order valence-corrected chi connectivity index (χ0v) is 13.0. The van der Waals surface area contributed by atoms with Gasteiger partial charge in [0.05, 0.1) is 5.92 Å². The maximum Gasteiger partial charge on any atom is 0.306 e. The van der Waals surface area contributed by atoms with Gasteiger partial charge in [0, 0.05) is 26.2 Å². The lowest BCUT2D eigenvalue weighted by Crippen LogP contribution is -2.50. The lowest BCUT2D eigenvalue weighted by Gasteiger charge is -2.39. The normalized spacial score (nSPS) is 26.5. The van der Waals surface area contributed by atoms with Crippen LogP contribution in [0.3, 0.4) is 0 Å².